The number of alkyl halides is 3. The van der Waals surface area contributed by atoms with Gasteiger partial charge in [-0.25, -0.2) is 22.0 Å². The van der Waals surface area contributed by atoms with E-state index < -0.39 is 62.3 Å². The molecule has 2 amide bonds. The minimum absolute atomic E-state index is 0.0174. The highest BCUT2D eigenvalue weighted by Gasteiger charge is 2.37. The summed E-state index contributed by atoms with van der Waals surface area (Å²) in [7, 11) is -1.75. The minimum Gasteiger partial charge on any atom is -0.486 e. The molecule has 1 aliphatic rings. The van der Waals surface area contributed by atoms with E-state index in [0.29, 0.717) is 6.07 Å². The van der Waals surface area contributed by atoms with E-state index >= 15 is 0 Å². The number of fused-ring (bicyclic) bond motifs is 1. The number of rotatable bonds is 9. The van der Waals surface area contributed by atoms with Crippen molar-refractivity contribution in [3.05, 3.63) is 77.9 Å². The smallest absolute Gasteiger partial charge is 0.416 e. The number of benzene rings is 3. The number of urea groups is 1. The molecule has 0 unspecified atom stereocenters. The van der Waals surface area contributed by atoms with Crippen molar-refractivity contribution in [2.45, 2.75) is 30.5 Å². The van der Waals surface area contributed by atoms with Crippen LogP contribution in [0.3, 0.4) is 0 Å². The molecule has 1 aliphatic heterocycles. The summed E-state index contributed by atoms with van der Waals surface area (Å²) in [5.41, 5.74) is -1.35. The zero-order chi connectivity index (χ0) is 33.3. The monoisotopic (exact) mass is 655 g/mol. The van der Waals surface area contributed by atoms with Crippen molar-refractivity contribution in [2.24, 2.45) is 5.92 Å². The van der Waals surface area contributed by atoms with Crippen LogP contribution in [0.2, 0.25) is 0 Å². The second-order valence-corrected chi connectivity index (χ2v) is 12.6. The molecule has 0 fully saturated rings. The van der Waals surface area contributed by atoms with Gasteiger partial charge in [0.2, 0.25) is 0 Å². The van der Waals surface area contributed by atoms with Crippen LogP contribution < -0.4 is 9.04 Å². The maximum Gasteiger partial charge on any atom is 0.416 e. The second kappa shape index (κ2) is 12.9. The molecule has 15 heteroatoms. The Morgan fingerprint density at radius 2 is 1.76 bits per heavy atom. The third kappa shape index (κ3) is 7.47. The van der Waals surface area contributed by atoms with Crippen LogP contribution >= 0.6 is 0 Å². The molecule has 0 spiro atoms. The Hall–Kier alpha value is -4.40. The molecule has 1 N–H and O–H groups in total. The lowest BCUT2D eigenvalue weighted by Gasteiger charge is -2.36. The van der Waals surface area contributed by atoms with Crippen LogP contribution in [0.15, 0.2) is 65.6 Å². The highest BCUT2D eigenvalue weighted by atomic mass is 32.2. The van der Waals surface area contributed by atoms with Gasteiger partial charge < -0.3 is 19.6 Å². The molecule has 0 aliphatic carbocycles. The van der Waals surface area contributed by atoms with E-state index in [0.717, 1.165) is 40.7 Å². The van der Waals surface area contributed by atoms with E-state index in [1.54, 1.807) is 0 Å². The van der Waals surface area contributed by atoms with Crippen LogP contribution in [-0.4, -0.2) is 75.2 Å². The number of carbonyl (C=O) groups excluding carboxylic acids is 1. The van der Waals surface area contributed by atoms with Crippen LogP contribution in [-0.2, 0) is 21.0 Å². The van der Waals surface area contributed by atoms with Crippen molar-refractivity contribution in [1.82, 2.24) is 9.80 Å². The van der Waals surface area contributed by atoms with Crippen molar-refractivity contribution < 1.29 is 49.8 Å². The van der Waals surface area contributed by atoms with E-state index in [1.165, 1.54) is 49.0 Å². The standard InChI is InChI=1S/C30H30F5N3O6S/c1-18(28(39)40)16-37(3)29(41)36(2)12-11-22-17-38(45(42,43)23-6-4-5-20(14-23)30(33,34)35)26-13-19(7-10-27(26)44-22)24-15-21(31)8-9-25(24)32/h4-10,13-15,18,22H,11-12,16-17H2,1-3H3,(H,39,40)/t18-,22-/m0/s1. The van der Waals surface area contributed by atoms with Crippen LogP contribution in [0.5, 0.6) is 5.75 Å². The molecule has 0 aromatic heterocycles. The summed E-state index contributed by atoms with van der Waals surface area (Å²) in [4.78, 5) is 25.8. The number of nitrogens with zero attached hydrogens (tertiary/aromatic N) is 3. The van der Waals surface area contributed by atoms with Gasteiger partial charge in [-0.1, -0.05) is 19.1 Å². The zero-order valence-corrected chi connectivity index (χ0v) is 25.2. The summed E-state index contributed by atoms with van der Waals surface area (Å²) < 4.78 is 104. The number of amides is 2. The molecular weight excluding hydrogens is 625 g/mol. The first-order chi connectivity index (χ1) is 21.0. The number of sulfonamides is 1. The lowest BCUT2D eigenvalue weighted by Crippen LogP contribution is -2.46. The molecule has 3 aromatic rings. The topological polar surface area (TPSA) is 107 Å². The van der Waals surface area contributed by atoms with E-state index in [4.69, 9.17) is 9.84 Å². The molecule has 242 valence electrons. The van der Waals surface area contributed by atoms with Crippen molar-refractivity contribution in [3.8, 4) is 16.9 Å². The summed E-state index contributed by atoms with van der Waals surface area (Å²) in [6, 6.07) is 9.49. The van der Waals surface area contributed by atoms with Gasteiger partial charge in [-0.05, 0) is 54.1 Å². The van der Waals surface area contributed by atoms with E-state index in [2.05, 4.69) is 0 Å². The van der Waals surface area contributed by atoms with Crippen molar-refractivity contribution in [2.75, 3.05) is 38.0 Å². The Morgan fingerprint density at radius 3 is 2.42 bits per heavy atom. The summed E-state index contributed by atoms with van der Waals surface area (Å²) in [5, 5.41) is 9.13. The van der Waals surface area contributed by atoms with Gasteiger partial charge in [0.25, 0.3) is 10.0 Å². The summed E-state index contributed by atoms with van der Waals surface area (Å²) in [6.45, 7) is 1.07. The number of hydrogen-bond acceptors (Lipinski definition) is 5. The van der Waals surface area contributed by atoms with Crippen LogP contribution in [0.25, 0.3) is 11.1 Å². The normalized spacial score (nSPS) is 15.6. The molecule has 0 saturated heterocycles. The zero-order valence-electron chi connectivity index (χ0n) is 24.4. The first kappa shape index (κ1) is 33.5. The number of hydrogen-bond donors (Lipinski definition) is 1. The maximum atomic E-state index is 14.6. The van der Waals surface area contributed by atoms with Gasteiger partial charge in [0, 0.05) is 39.2 Å². The van der Waals surface area contributed by atoms with Crippen molar-refractivity contribution in [3.63, 3.8) is 0 Å². The lowest BCUT2D eigenvalue weighted by molar-refractivity contribution is -0.141. The number of carbonyl (C=O) groups is 2. The van der Waals surface area contributed by atoms with Crippen molar-refractivity contribution in [1.29, 1.82) is 0 Å². The fraction of sp³-hybridized carbons (Fsp3) is 0.333. The summed E-state index contributed by atoms with van der Waals surface area (Å²) >= 11 is 0. The van der Waals surface area contributed by atoms with E-state index in [1.807, 2.05) is 0 Å². The number of carboxylic acids is 1. The molecule has 0 bridgehead atoms. The van der Waals surface area contributed by atoms with Gasteiger partial charge >= 0.3 is 18.2 Å². The number of ether oxygens (including phenoxy) is 1. The first-order valence-electron chi connectivity index (χ1n) is 13.6. The Balaban J connectivity index is 1.67. The molecule has 0 saturated carbocycles. The number of anilines is 1. The van der Waals surface area contributed by atoms with Gasteiger partial charge in [-0.2, -0.15) is 13.2 Å². The number of carboxylic acid groups (broad SMARTS) is 1. The SMILES string of the molecule is C[C@@H](CN(C)C(=O)N(C)CC[C@H]1CN(S(=O)(=O)c2cccc(C(F)(F)F)c2)c2cc(-c3cc(F)ccc3F)ccc2O1)C(=O)O. The largest absolute Gasteiger partial charge is 0.486 e. The maximum absolute atomic E-state index is 14.6. The van der Waals surface area contributed by atoms with Crippen LogP contribution in [0.1, 0.15) is 18.9 Å². The fourth-order valence-corrected chi connectivity index (χ4v) is 6.37. The number of halogens is 5. The Bertz CT molecular complexity index is 1700. The lowest BCUT2D eigenvalue weighted by atomic mass is 10.0. The Labute approximate surface area is 256 Å². The molecule has 3 aromatic carbocycles. The highest BCUT2D eigenvalue weighted by Crippen LogP contribution is 2.41. The predicted molar refractivity (Wildman–Crippen MR) is 154 cm³/mol. The van der Waals surface area contributed by atoms with Gasteiger partial charge in [0.05, 0.1) is 28.6 Å². The number of aliphatic carboxylic acids is 1. The molecular formula is C30H30F5N3O6S. The Morgan fingerprint density at radius 1 is 1.04 bits per heavy atom. The highest BCUT2D eigenvalue weighted by molar-refractivity contribution is 7.92. The molecule has 4 rings (SSSR count). The van der Waals surface area contributed by atoms with Gasteiger partial charge in [0.15, 0.2) is 0 Å². The molecule has 0 radical (unpaired) electrons. The third-order valence-corrected chi connectivity index (χ3v) is 9.06. The summed E-state index contributed by atoms with van der Waals surface area (Å²) in [6.07, 6.45) is -5.61. The molecule has 2 atom stereocenters. The minimum atomic E-state index is -4.81. The fourth-order valence-electron chi connectivity index (χ4n) is 4.83. The second-order valence-electron chi connectivity index (χ2n) is 10.7. The van der Waals surface area contributed by atoms with E-state index in [9.17, 15) is 40.0 Å². The predicted octanol–water partition coefficient (Wildman–Crippen LogP) is 5.70. The van der Waals surface area contributed by atoms with Crippen LogP contribution in [0, 0.1) is 17.6 Å². The molecule has 45 heavy (non-hydrogen) atoms. The van der Waals surface area contributed by atoms with Crippen molar-refractivity contribution >= 4 is 27.7 Å². The van der Waals surface area contributed by atoms with Crippen LogP contribution in [0.4, 0.5) is 32.4 Å². The first-order valence-corrected chi connectivity index (χ1v) is 15.1. The van der Waals surface area contributed by atoms with Gasteiger partial charge in [-0.15, -0.1) is 0 Å². The molecule has 1 heterocycles. The van der Waals surface area contributed by atoms with Gasteiger partial charge in [-0.3, -0.25) is 9.10 Å². The Kier molecular flexibility index (Phi) is 9.61. The molecule has 9 nitrogen and oxygen atoms in total. The van der Waals surface area contributed by atoms with Gasteiger partial charge in [0.1, 0.15) is 23.5 Å². The average Bonchev–Trinajstić information content (AvgIpc) is 2.99. The average molecular weight is 656 g/mol. The summed E-state index contributed by atoms with van der Waals surface area (Å²) in [5.74, 6) is -3.39. The quantitative estimate of drug-likeness (QED) is 0.297. The van der Waals surface area contributed by atoms with E-state index in [-0.39, 0.29) is 48.6 Å². The third-order valence-electron chi connectivity index (χ3n) is 7.29.